The highest BCUT2D eigenvalue weighted by Gasteiger charge is 2.11. The number of pyridine rings is 1. The monoisotopic (exact) mass is 279 g/mol. The van der Waals surface area contributed by atoms with Crippen LogP contribution in [0, 0.1) is 0 Å². The van der Waals surface area contributed by atoms with Crippen LogP contribution in [0.15, 0.2) is 35.4 Å². The molecule has 19 heavy (non-hydrogen) atoms. The Bertz CT molecular complexity index is 737. The van der Waals surface area contributed by atoms with E-state index >= 15 is 0 Å². The first-order valence-corrected chi connectivity index (χ1v) is 7.58. The molecule has 1 aromatic heterocycles. The van der Waals surface area contributed by atoms with Crippen LogP contribution in [0.4, 0.5) is 0 Å². The number of esters is 1. The summed E-state index contributed by atoms with van der Waals surface area (Å²) in [5, 5.41) is 0.591. The van der Waals surface area contributed by atoms with Gasteiger partial charge in [0.15, 0.2) is 9.84 Å². The molecule has 0 atom stereocenters. The average Bonchev–Trinajstić information content (AvgIpc) is 2.36. The number of ether oxygens (including phenoxy) is 1. The number of fused-ring (bicyclic) bond motifs is 1. The molecular weight excluding hydrogens is 266 g/mol. The third-order valence-electron chi connectivity index (χ3n) is 2.60. The van der Waals surface area contributed by atoms with Crippen LogP contribution < -0.4 is 0 Å². The molecule has 1 aromatic carbocycles. The van der Waals surface area contributed by atoms with Crippen molar-refractivity contribution in [1.82, 2.24) is 4.98 Å². The Balaban J connectivity index is 2.54. The van der Waals surface area contributed by atoms with Crippen molar-refractivity contribution >= 4 is 26.7 Å². The third-order valence-corrected chi connectivity index (χ3v) is 3.68. The standard InChI is InChI=1S/C13H13NO4S/c1-3-18-13(15)9-4-5-12-10(6-9)7-11(8-14-12)19(2,16)17/h4-8H,3H2,1-2H3. The maximum atomic E-state index is 11.6. The molecule has 100 valence electrons. The zero-order valence-corrected chi connectivity index (χ0v) is 11.4. The lowest BCUT2D eigenvalue weighted by molar-refractivity contribution is 0.0526. The second kappa shape index (κ2) is 4.97. The molecule has 0 amide bonds. The van der Waals surface area contributed by atoms with Gasteiger partial charge in [-0.2, -0.15) is 0 Å². The highest BCUT2D eigenvalue weighted by molar-refractivity contribution is 7.90. The van der Waals surface area contributed by atoms with Crippen molar-refractivity contribution in [2.24, 2.45) is 0 Å². The van der Waals surface area contributed by atoms with E-state index in [0.29, 0.717) is 23.1 Å². The van der Waals surface area contributed by atoms with Crippen LogP contribution in [0.25, 0.3) is 10.9 Å². The minimum atomic E-state index is -3.32. The lowest BCUT2D eigenvalue weighted by Gasteiger charge is -2.04. The van der Waals surface area contributed by atoms with E-state index in [-0.39, 0.29) is 4.90 Å². The first-order valence-electron chi connectivity index (χ1n) is 5.69. The van der Waals surface area contributed by atoms with Gasteiger partial charge in [-0.25, -0.2) is 13.2 Å². The Morgan fingerprint density at radius 3 is 2.68 bits per heavy atom. The summed E-state index contributed by atoms with van der Waals surface area (Å²) in [6.45, 7) is 2.01. The molecule has 0 aliphatic heterocycles. The van der Waals surface area contributed by atoms with Crippen molar-refractivity contribution in [2.75, 3.05) is 12.9 Å². The van der Waals surface area contributed by atoms with E-state index in [1.807, 2.05) is 0 Å². The van der Waals surface area contributed by atoms with Crippen LogP contribution in [-0.4, -0.2) is 32.2 Å². The Hall–Kier alpha value is -1.95. The molecule has 0 N–H and O–H groups in total. The molecule has 2 aromatic rings. The second-order valence-electron chi connectivity index (χ2n) is 4.07. The van der Waals surface area contributed by atoms with Gasteiger partial charge < -0.3 is 4.74 Å². The van der Waals surface area contributed by atoms with Gasteiger partial charge in [-0.1, -0.05) is 0 Å². The Kier molecular flexibility index (Phi) is 3.53. The van der Waals surface area contributed by atoms with Crippen LogP contribution in [0.2, 0.25) is 0 Å². The average molecular weight is 279 g/mol. The first kappa shape index (κ1) is 13.5. The minimum Gasteiger partial charge on any atom is -0.462 e. The molecule has 0 fully saturated rings. The summed E-state index contributed by atoms with van der Waals surface area (Å²) in [7, 11) is -3.32. The normalized spacial score (nSPS) is 11.5. The lowest BCUT2D eigenvalue weighted by Crippen LogP contribution is -2.04. The number of benzene rings is 1. The van der Waals surface area contributed by atoms with Gasteiger partial charge in [0.2, 0.25) is 0 Å². The predicted molar refractivity (Wildman–Crippen MR) is 70.8 cm³/mol. The summed E-state index contributed by atoms with van der Waals surface area (Å²) in [6.07, 6.45) is 2.42. The van der Waals surface area contributed by atoms with Crippen molar-refractivity contribution in [1.29, 1.82) is 0 Å². The summed E-state index contributed by atoms with van der Waals surface area (Å²) in [5.41, 5.74) is 1.00. The number of rotatable bonds is 3. The number of nitrogens with zero attached hydrogens (tertiary/aromatic N) is 1. The molecule has 0 saturated carbocycles. The fraction of sp³-hybridized carbons (Fsp3) is 0.231. The molecule has 6 heteroatoms. The van der Waals surface area contributed by atoms with Crippen molar-refractivity contribution in [2.45, 2.75) is 11.8 Å². The molecule has 5 nitrogen and oxygen atoms in total. The highest BCUT2D eigenvalue weighted by atomic mass is 32.2. The number of hydrogen-bond acceptors (Lipinski definition) is 5. The fourth-order valence-corrected chi connectivity index (χ4v) is 2.24. The van der Waals surface area contributed by atoms with Gasteiger partial charge in [-0.05, 0) is 31.2 Å². The fourth-order valence-electron chi connectivity index (χ4n) is 1.66. The summed E-state index contributed by atoms with van der Waals surface area (Å²) >= 11 is 0. The quantitative estimate of drug-likeness (QED) is 0.801. The van der Waals surface area contributed by atoms with E-state index in [2.05, 4.69) is 4.98 Å². The maximum absolute atomic E-state index is 11.6. The van der Waals surface area contributed by atoms with Crippen LogP contribution in [0.5, 0.6) is 0 Å². The van der Waals surface area contributed by atoms with Crippen molar-refractivity contribution in [3.63, 3.8) is 0 Å². The van der Waals surface area contributed by atoms with E-state index in [0.717, 1.165) is 6.26 Å². The molecule has 1 heterocycles. The van der Waals surface area contributed by atoms with Gasteiger partial charge in [-0.3, -0.25) is 4.98 Å². The predicted octanol–water partition coefficient (Wildman–Crippen LogP) is 1.81. The third kappa shape index (κ3) is 2.90. The van der Waals surface area contributed by atoms with Gasteiger partial charge in [0, 0.05) is 17.8 Å². The number of carbonyl (C=O) groups excluding carboxylic acids is 1. The molecule has 0 spiro atoms. The van der Waals surface area contributed by atoms with Crippen LogP contribution in [0.3, 0.4) is 0 Å². The van der Waals surface area contributed by atoms with E-state index in [4.69, 9.17) is 4.74 Å². The molecule has 0 aliphatic carbocycles. The molecule has 0 saturated heterocycles. The van der Waals surface area contributed by atoms with Gasteiger partial charge >= 0.3 is 5.97 Å². The van der Waals surface area contributed by atoms with E-state index < -0.39 is 15.8 Å². The SMILES string of the molecule is CCOC(=O)c1ccc2ncc(S(C)(=O)=O)cc2c1. The topological polar surface area (TPSA) is 73.3 Å². The number of carbonyl (C=O) groups is 1. The molecule has 0 bridgehead atoms. The number of aromatic nitrogens is 1. The molecule has 2 rings (SSSR count). The molecule has 0 unspecified atom stereocenters. The zero-order valence-electron chi connectivity index (χ0n) is 10.6. The minimum absolute atomic E-state index is 0.126. The van der Waals surface area contributed by atoms with Crippen molar-refractivity contribution in [3.8, 4) is 0 Å². The maximum Gasteiger partial charge on any atom is 0.338 e. The van der Waals surface area contributed by atoms with E-state index in [1.165, 1.54) is 12.3 Å². The molecular formula is C13H13NO4S. The largest absolute Gasteiger partial charge is 0.462 e. The summed E-state index contributed by atoms with van der Waals surface area (Å²) < 4.78 is 27.8. The second-order valence-corrected chi connectivity index (χ2v) is 6.09. The summed E-state index contributed by atoms with van der Waals surface area (Å²) in [5.74, 6) is -0.436. The Labute approximate surface area is 111 Å². The first-order chi connectivity index (χ1) is 8.91. The highest BCUT2D eigenvalue weighted by Crippen LogP contribution is 2.18. The Morgan fingerprint density at radius 2 is 2.05 bits per heavy atom. The number of sulfone groups is 1. The van der Waals surface area contributed by atoms with E-state index in [9.17, 15) is 13.2 Å². The van der Waals surface area contributed by atoms with Gasteiger partial charge in [0.05, 0.1) is 22.6 Å². The van der Waals surface area contributed by atoms with Gasteiger partial charge in [0.25, 0.3) is 0 Å². The lowest BCUT2D eigenvalue weighted by atomic mass is 10.1. The summed E-state index contributed by atoms with van der Waals surface area (Å²) in [4.78, 5) is 15.8. The van der Waals surface area contributed by atoms with Crippen LogP contribution in [-0.2, 0) is 14.6 Å². The number of hydrogen-bond donors (Lipinski definition) is 0. The molecule has 0 radical (unpaired) electrons. The van der Waals surface area contributed by atoms with E-state index in [1.54, 1.807) is 25.1 Å². The Morgan fingerprint density at radius 1 is 1.32 bits per heavy atom. The van der Waals surface area contributed by atoms with Crippen LogP contribution >= 0.6 is 0 Å². The van der Waals surface area contributed by atoms with Gasteiger partial charge in [0.1, 0.15) is 0 Å². The summed E-state index contributed by atoms with van der Waals surface area (Å²) in [6, 6.07) is 6.34. The van der Waals surface area contributed by atoms with Gasteiger partial charge in [-0.15, -0.1) is 0 Å². The smallest absolute Gasteiger partial charge is 0.338 e. The van der Waals surface area contributed by atoms with Crippen molar-refractivity contribution in [3.05, 3.63) is 36.0 Å². The zero-order chi connectivity index (χ0) is 14.0. The van der Waals surface area contributed by atoms with Crippen LogP contribution in [0.1, 0.15) is 17.3 Å². The molecule has 0 aliphatic rings. The van der Waals surface area contributed by atoms with Crippen molar-refractivity contribution < 1.29 is 17.9 Å².